The fourth-order valence-corrected chi connectivity index (χ4v) is 3.30. The quantitative estimate of drug-likeness (QED) is 0.541. The first-order valence-corrected chi connectivity index (χ1v) is 8.14. The Morgan fingerprint density at radius 1 is 1.10 bits per heavy atom. The number of fused-ring (bicyclic) bond motifs is 1. The minimum absolute atomic E-state index is 0.247. The molecule has 0 aliphatic heterocycles. The number of thiophene rings is 1. The SMILES string of the molecule is Fc1ccc2sccc2c1O[C@@H](CCCl)c1ccccc1. The summed E-state index contributed by atoms with van der Waals surface area (Å²) >= 11 is 7.45. The highest BCUT2D eigenvalue weighted by molar-refractivity contribution is 7.17. The van der Waals surface area contributed by atoms with E-state index in [1.54, 1.807) is 17.4 Å². The van der Waals surface area contributed by atoms with Crippen LogP contribution in [0, 0.1) is 5.82 Å². The van der Waals surface area contributed by atoms with Crippen LogP contribution in [0.4, 0.5) is 4.39 Å². The molecule has 1 heterocycles. The zero-order chi connectivity index (χ0) is 14.7. The fourth-order valence-electron chi connectivity index (χ4n) is 2.31. The van der Waals surface area contributed by atoms with Crippen molar-refractivity contribution in [2.45, 2.75) is 12.5 Å². The highest BCUT2D eigenvalue weighted by Crippen LogP contribution is 2.36. The summed E-state index contributed by atoms with van der Waals surface area (Å²) in [5.41, 5.74) is 1.00. The average molecular weight is 321 g/mol. The highest BCUT2D eigenvalue weighted by Gasteiger charge is 2.17. The summed E-state index contributed by atoms with van der Waals surface area (Å²) < 4.78 is 21.2. The van der Waals surface area contributed by atoms with Gasteiger partial charge in [0.15, 0.2) is 11.6 Å². The number of hydrogen-bond acceptors (Lipinski definition) is 2. The lowest BCUT2D eigenvalue weighted by molar-refractivity contribution is 0.196. The Hall–Kier alpha value is -1.58. The lowest BCUT2D eigenvalue weighted by Gasteiger charge is -2.19. The van der Waals surface area contributed by atoms with Crippen molar-refractivity contribution in [1.29, 1.82) is 0 Å². The second-order valence-electron chi connectivity index (χ2n) is 4.70. The Kier molecular flexibility index (Phi) is 4.42. The Balaban J connectivity index is 1.98. The van der Waals surface area contributed by atoms with Gasteiger partial charge in [0, 0.05) is 22.4 Å². The van der Waals surface area contributed by atoms with Gasteiger partial charge in [-0.3, -0.25) is 0 Å². The van der Waals surface area contributed by atoms with E-state index in [1.165, 1.54) is 6.07 Å². The second kappa shape index (κ2) is 6.46. The van der Waals surface area contributed by atoms with E-state index in [0.29, 0.717) is 18.1 Å². The van der Waals surface area contributed by atoms with Gasteiger partial charge < -0.3 is 4.74 Å². The topological polar surface area (TPSA) is 9.23 Å². The molecule has 3 aromatic rings. The molecule has 0 amide bonds. The molecule has 2 aromatic carbocycles. The third-order valence-corrected chi connectivity index (χ3v) is 4.44. The van der Waals surface area contributed by atoms with Gasteiger partial charge in [0.25, 0.3) is 0 Å². The highest BCUT2D eigenvalue weighted by atomic mass is 35.5. The number of rotatable bonds is 5. The summed E-state index contributed by atoms with van der Waals surface area (Å²) in [5.74, 6) is 0.435. The van der Waals surface area contributed by atoms with Crippen LogP contribution in [0.25, 0.3) is 10.1 Å². The van der Waals surface area contributed by atoms with Crippen LogP contribution >= 0.6 is 22.9 Å². The van der Waals surface area contributed by atoms with Crippen LogP contribution in [0.1, 0.15) is 18.1 Å². The van der Waals surface area contributed by atoms with Crippen LogP contribution in [0.3, 0.4) is 0 Å². The van der Waals surface area contributed by atoms with Gasteiger partial charge >= 0.3 is 0 Å². The van der Waals surface area contributed by atoms with Crippen molar-refractivity contribution in [2.75, 3.05) is 5.88 Å². The van der Waals surface area contributed by atoms with Gasteiger partial charge in [0.05, 0.1) is 0 Å². The number of benzene rings is 2. The molecule has 0 unspecified atom stereocenters. The first-order valence-electron chi connectivity index (χ1n) is 6.73. The summed E-state index contributed by atoms with van der Waals surface area (Å²) in [6.45, 7) is 0. The average Bonchev–Trinajstić information content (AvgIpc) is 2.99. The first kappa shape index (κ1) is 14.4. The van der Waals surface area contributed by atoms with Crippen LogP contribution < -0.4 is 4.74 Å². The Morgan fingerprint density at radius 3 is 2.67 bits per heavy atom. The molecule has 0 saturated heterocycles. The minimum atomic E-state index is -0.337. The van der Waals surface area contributed by atoms with E-state index >= 15 is 0 Å². The summed E-state index contributed by atoms with van der Waals surface area (Å²) in [4.78, 5) is 0. The molecule has 0 fully saturated rings. The van der Waals surface area contributed by atoms with Crippen molar-refractivity contribution in [1.82, 2.24) is 0 Å². The third-order valence-electron chi connectivity index (χ3n) is 3.34. The van der Waals surface area contributed by atoms with Gasteiger partial charge in [0.2, 0.25) is 0 Å². The van der Waals surface area contributed by atoms with E-state index in [0.717, 1.165) is 15.6 Å². The zero-order valence-electron chi connectivity index (χ0n) is 11.3. The molecule has 1 atom stereocenters. The predicted molar refractivity (Wildman–Crippen MR) is 86.9 cm³/mol. The van der Waals surface area contributed by atoms with Gasteiger partial charge in [-0.1, -0.05) is 30.3 Å². The van der Waals surface area contributed by atoms with Crippen molar-refractivity contribution < 1.29 is 9.13 Å². The number of ether oxygens (including phenoxy) is 1. The van der Waals surface area contributed by atoms with E-state index in [2.05, 4.69) is 0 Å². The molecule has 0 radical (unpaired) electrons. The molecule has 1 nitrogen and oxygen atoms in total. The van der Waals surface area contributed by atoms with E-state index in [4.69, 9.17) is 16.3 Å². The Morgan fingerprint density at radius 2 is 1.90 bits per heavy atom. The maximum absolute atomic E-state index is 14.2. The van der Waals surface area contributed by atoms with Gasteiger partial charge in [-0.25, -0.2) is 4.39 Å². The Bertz CT molecular complexity index is 726. The van der Waals surface area contributed by atoms with Crippen molar-refractivity contribution in [3.63, 3.8) is 0 Å². The second-order valence-corrected chi connectivity index (χ2v) is 6.03. The predicted octanol–water partition coefficient (Wildman–Crippen LogP) is 5.79. The maximum Gasteiger partial charge on any atom is 0.165 e. The summed E-state index contributed by atoms with van der Waals surface area (Å²) in [6, 6.07) is 14.9. The van der Waals surface area contributed by atoms with Gasteiger partial charge in [-0.15, -0.1) is 22.9 Å². The molecule has 0 aliphatic rings. The molecule has 0 bridgehead atoms. The summed E-state index contributed by atoms with van der Waals surface area (Å²) in [6.07, 6.45) is 0.384. The molecular weight excluding hydrogens is 307 g/mol. The minimum Gasteiger partial charge on any atom is -0.482 e. The van der Waals surface area contributed by atoms with Crippen LogP contribution in [-0.4, -0.2) is 5.88 Å². The first-order chi connectivity index (χ1) is 10.3. The molecule has 4 heteroatoms. The largest absolute Gasteiger partial charge is 0.482 e. The van der Waals surface area contributed by atoms with Crippen LogP contribution in [0.15, 0.2) is 53.9 Å². The van der Waals surface area contributed by atoms with Crippen molar-refractivity contribution in [2.24, 2.45) is 0 Å². The van der Waals surface area contributed by atoms with Crippen LogP contribution in [0.2, 0.25) is 0 Å². The molecule has 3 rings (SSSR count). The monoisotopic (exact) mass is 320 g/mol. The molecule has 108 valence electrons. The molecular formula is C17H14ClFOS. The lowest BCUT2D eigenvalue weighted by atomic mass is 10.1. The van der Waals surface area contributed by atoms with Crippen molar-refractivity contribution in [3.05, 3.63) is 65.3 Å². The number of halogens is 2. The number of hydrogen-bond donors (Lipinski definition) is 0. The normalized spacial score (nSPS) is 12.5. The van der Waals surface area contributed by atoms with Gasteiger partial charge in [-0.2, -0.15) is 0 Å². The molecule has 0 N–H and O–H groups in total. The van der Waals surface area contributed by atoms with Gasteiger partial charge in [-0.05, 0) is 29.1 Å². The standard InChI is InChI=1S/C17H14ClFOS/c18-10-8-15(12-4-2-1-3-5-12)20-17-13-9-11-21-16(13)7-6-14(17)19/h1-7,9,11,15H,8,10H2/t15-/m0/s1. The maximum atomic E-state index is 14.2. The van der Waals surface area contributed by atoms with E-state index in [1.807, 2.05) is 41.8 Å². The molecule has 1 aromatic heterocycles. The summed E-state index contributed by atoms with van der Waals surface area (Å²) in [7, 11) is 0. The summed E-state index contributed by atoms with van der Waals surface area (Å²) in [5, 5.41) is 2.76. The zero-order valence-corrected chi connectivity index (χ0v) is 12.8. The van der Waals surface area contributed by atoms with E-state index in [9.17, 15) is 4.39 Å². The van der Waals surface area contributed by atoms with Crippen LogP contribution in [0.5, 0.6) is 5.75 Å². The van der Waals surface area contributed by atoms with E-state index < -0.39 is 0 Å². The smallest absolute Gasteiger partial charge is 0.165 e. The molecule has 0 aliphatic carbocycles. The number of alkyl halides is 1. The molecule has 0 saturated carbocycles. The molecule has 21 heavy (non-hydrogen) atoms. The van der Waals surface area contributed by atoms with Crippen molar-refractivity contribution in [3.8, 4) is 5.75 Å². The van der Waals surface area contributed by atoms with E-state index in [-0.39, 0.29) is 11.9 Å². The Labute approximate surface area is 131 Å². The fraction of sp³-hybridized carbons (Fsp3) is 0.176. The molecule has 0 spiro atoms. The third kappa shape index (κ3) is 3.04. The van der Waals surface area contributed by atoms with Crippen LogP contribution in [-0.2, 0) is 0 Å². The van der Waals surface area contributed by atoms with Gasteiger partial charge in [0.1, 0.15) is 6.10 Å². The lowest BCUT2D eigenvalue weighted by Crippen LogP contribution is -2.09. The van der Waals surface area contributed by atoms with Crippen molar-refractivity contribution >= 4 is 33.0 Å².